The zero-order valence-electron chi connectivity index (χ0n) is 19.0. The van der Waals surface area contributed by atoms with E-state index in [1.54, 1.807) is 31.0 Å². The van der Waals surface area contributed by atoms with Gasteiger partial charge in [-0.25, -0.2) is 9.37 Å². The van der Waals surface area contributed by atoms with Crippen molar-refractivity contribution in [2.24, 2.45) is 5.73 Å². The molecule has 0 radical (unpaired) electrons. The van der Waals surface area contributed by atoms with Gasteiger partial charge in [0.15, 0.2) is 11.6 Å². The summed E-state index contributed by atoms with van der Waals surface area (Å²) >= 11 is 0. The molecule has 178 valence electrons. The van der Waals surface area contributed by atoms with E-state index >= 15 is 0 Å². The zero-order chi connectivity index (χ0) is 24.7. The number of halogens is 1. The van der Waals surface area contributed by atoms with Crippen LogP contribution in [0.15, 0.2) is 37.3 Å². The molecule has 11 heteroatoms. The van der Waals surface area contributed by atoms with E-state index in [0.717, 1.165) is 19.4 Å². The number of rotatable bonds is 5. The summed E-state index contributed by atoms with van der Waals surface area (Å²) < 4.78 is 20.5. The van der Waals surface area contributed by atoms with Crippen LogP contribution in [0.2, 0.25) is 0 Å². The fourth-order valence-corrected chi connectivity index (χ4v) is 3.62. The van der Waals surface area contributed by atoms with Gasteiger partial charge in [-0.3, -0.25) is 14.7 Å². The van der Waals surface area contributed by atoms with Crippen LogP contribution >= 0.6 is 0 Å². The van der Waals surface area contributed by atoms with Gasteiger partial charge in [0.25, 0.3) is 5.91 Å². The molecule has 1 aliphatic rings. The second-order valence-corrected chi connectivity index (χ2v) is 7.40. The van der Waals surface area contributed by atoms with Gasteiger partial charge >= 0.3 is 0 Å². The maximum Gasteiger partial charge on any atom is 0.255 e. The Morgan fingerprint density at radius 1 is 1.47 bits per heavy atom. The Morgan fingerprint density at radius 2 is 2.26 bits per heavy atom. The highest BCUT2D eigenvalue weighted by Gasteiger charge is 2.26. The molecule has 1 saturated heterocycles. The van der Waals surface area contributed by atoms with Crippen LogP contribution in [0.4, 0.5) is 10.2 Å². The number of aromatic nitrogens is 4. The van der Waals surface area contributed by atoms with Gasteiger partial charge in [0, 0.05) is 39.3 Å². The molecular formula is C23H26FN7O3. The number of ether oxygens (including phenoxy) is 1. The molecule has 4 rings (SSSR count). The van der Waals surface area contributed by atoms with E-state index < -0.39 is 11.7 Å². The SMILES string of the molecule is C=CC(=O)N1CCCC1COC.CNc1n[nH]c(C#Cc2cc3nccn3cc2F)c1C(N)=O. The maximum absolute atomic E-state index is 13.9. The Bertz CT molecular complexity index is 1250. The van der Waals surface area contributed by atoms with Gasteiger partial charge in [0.05, 0.1) is 18.2 Å². The lowest BCUT2D eigenvalue weighted by Gasteiger charge is -2.22. The lowest BCUT2D eigenvalue weighted by molar-refractivity contribution is -0.127. The average molecular weight is 468 g/mol. The fourth-order valence-electron chi connectivity index (χ4n) is 3.62. The number of fused-ring (bicyclic) bond motifs is 1. The van der Waals surface area contributed by atoms with E-state index in [0.29, 0.717) is 18.1 Å². The third-order valence-corrected chi connectivity index (χ3v) is 5.25. The number of hydrogen-bond donors (Lipinski definition) is 3. The number of carbonyl (C=O) groups excluding carboxylic acids is 2. The number of pyridine rings is 1. The second-order valence-electron chi connectivity index (χ2n) is 7.40. The number of nitrogens with two attached hydrogens (primary N) is 1. The predicted molar refractivity (Wildman–Crippen MR) is 125 cm³/mol. The molecule has 10 nitrogen and oxygen atoms in total. The zero-order valence-corrected chi connectivity index (χ0v) is 19.0. The highest BCUT2D eigenvalue weighted by Crippen LogP contribution is 2.17. The van der Waals surface area contributed by atoms with Gasteiger partial charge in [0.1, 0.15) is 16.9 Å². The molecule has 3 aromatic heterocycles. The minimum atomic E-state index is -0.674. The molecule has 4 N–H and O–H groups in total. The maximum atomic E-state index is 13.9. The third-order valence-electron chi connectivity index (χ3n) is 5.25. The largest absolute Gasteiger partial charge is 0.383 e. The molecule has 0 aromatic carbocycles. The standard InChI is InChI=1S/C14H11FN6O.C9H15NO2/c1-17-14-12(13(16)22)10(19-20-14)3-2-8-6-11-18-4-5-21(11)7-9(8)15;1-3-9(11)10-6-4-5-8(10)7-12-2/h4-7H,1H3,(H2,16,22)(H2,17,19,20);3,8H,1,4-7H2,2H3. The molecule has 2 amide bonds. The molecule has 1 aliphatic heterocycles. The van der Waals surface area contributed by atoms with Crippen LogP contribution in [0.3, 0.4) is 0 Å². The predicted octanol–water partition coefficient (Wildman–Crippen LogP) is 1.55. The molecule has 34 heavy (non-hydrogen) atoms. The quantitative estimate of drug-likeness (QED) is 0.386. The molecular weight excluding hydrogens is 441 g/mol. The number of anilines is 1. The Labute approximate surface area is 196 Å². The third kappa shape index (κ3) is 5.41. The van der Waals surface area contributed by atoms with E-state index in [-0.39, 0.29) is 28.8 Å². The van der Waals surface area contributed by atoms with E-state index in [4.69, 9.17) is 10.5 Å². The summed E-state index contributed by atoms with van der Waals surface area (Å²) in [6.45, 7) is 4.95. The van der Waals surface area contributed by atoms with Gasteiger partial charge in [-0.05, 0) is 30.9 Å². The molecule has 3 aromatic rings. The van der Waals surface area contributed by atoms with Gasteiger partial charge in [-0.15, -0.1) is 0 Å². The van der Waals surface area contributed by atoms with Crippen LogP contribution in [0.5, 0.6) is 0 Å². The van der Waals surface area contributed by atoms with Crippen LogP contribution in [0.1, 0.15) is 34.5 Å². The number of aromatic amines is 1. The van der Waals surface area contributed by atoms with Crippen molar-refractivity contribution in [3.05, 3.63) is 59.9 Å². The normalized spacial score (nSPS) is 14.7. The molecule has 4 heterocycles. The fraction of sp³-hybridized carbons (Fsp3) is 0.304. The van der Waals surface area contributed by atoms with Crippen LogP contribution in [0.25, 0.3) is 5.65 Å². The van der Waals surface area contributed by atoms with Gasteiger partial charge in [-0.2, -0.15) is 5.10 Å². The van der Waals surface area contributed by atoms with E-state index in [1.165, 1.54) is 18.3 Å². The first kappa shape index (κ1) is 24.5. The number of primary amides is 1. The summed E-state index contributed by atoms with van der Waals surface area (Å²) in [7, 11) is 3.26. The summed E-state index contributed by atoms with van der Waals surface area (Å²) in [6.07, 6.45) is 7.97. The van der Waals surface area contributed by atoms with Crippen molar-refractivity contribution < 1.29 is 18.7 Å². The number of carbonyl (C=O) groups is 2. The highest BCUT2D eigenvalue weighted by molar-refractivity contribution is 5.99. The molecule has 0 spiro atoms. The van der Waals surface area contributed by atoms with Crippen molar-refractivity contribution in [2.45, 2.75) is 18.9 Å². The first-order valence-corrected chi connectivity index (χ1v) is 10.5. The van der Waals surface area contributed by atoms with Gasteiger partial charge < -0.3 is 25.1 Å². The molecule has 0 bridgehead atoms. The minimum absolute atomic E-state index is 0.0227. The number of H-pyrrole nitrogens is 1. The number of hydrogen-bond acceptors (Lipinski definition) is 6. The Kier molecular flexibility index (Phi) is 8.00. The first-order valence-electron chi connectivity index (χ1n) is 10.5. The van der Waals surface area contributed by atoms with Crippen LogP contribution < -0.4 is 11.1 Å². The topological polar surface area (TPSA) is 131 Å². The summed E-state index contributed by atoms with van der Waals surface area (Å²) in [4.78, 5) is 28.6. The Balaban J connectivity index is 0.000000229. The minimum Gasteiger partial charge on any atom is -0.383 e. The van der Waals surface area contributed by atoms with Crippen molar-refractivity contribution in [3.8, 4) is 11.8 Å². The monoisotopic (exact) mass is 467 g/mol. The average Bonchev–Trinajstić information content (AvgIpc) is 3.56. The molecule has 1 atom stereocenters. The number of methoxy groups -OCH3 is 1. The lowest BCUT2D eigenvalue weighted by atomic mass is 10.2. The summed E-state index contributed by atoms with van der Waals surface area (Å²) in [5.41, 5.74) is 6.39. The molecule has 0 aliphatic carbocycles. The van der Waals surface area contributed by atoms with E-state index in [9.17, 15) is 14.0 Å². The van der Waals surface area contributed by atoms with Crippen molar-refractivity contribution in [1.29, 1.82) is 0 Å². The number of nitrogens with one attached hydrogen (secondary N) is 2. The summed E-state index contributed by atoms with van der Waals surface area (Å²) in [5, 5.41) is 9.21. The molecule has 1 fully saturated rings. The number of nitrogens with zero attached hydrogens (tertiary/aromatic N) is 4. The van der Waals surface area contributed by atoms with Crippen molar-refractivity contribution >= 4 is 23.3 Å². The number of likely N-dealkylation sites (tertiary alicyclic amines) is 1. The van der Waals surface area contributed by atoms with E-state index in [2.05, 4.69) is 38.9 Å². The molecule has 1 unspecified atom stereocenters. The first-order chi connectivity index (χ1) is 16.4. The molecule has 0 saturated carbocycles. The van der Waals surface area contributed by atoms with Gasteiger partial charge in [-0.1, -0.05) is 12.5 Å². The van der Waals surface area contributed by atoms with Crippen LogP contribution in [-0.4, -0.2) is 69.6 Å². The van der Waals surface area contributed by atoms with E-state index in [1.807, 2.05) is 4.90 Å². The lowest BCUT2D eigenvalue weighted by Crippen LogP contribution is -2.36. The second kappa shape index (κ2) is 11.1. The summed E-state index contributed by atoms with van der Waals surface area (Å²) in [5.74, 6) is 4.48. The Hall–Kier alpha value is -4.17. The van der Waals surface area contributed by atoms with Crippen molar-refractivity contribution in [1.82, 2.24) is 24.5 Å². The highest BCUT2D eigenvalue weighted by atomic mass is 19.1. The van der Waals surface area contributed by atoms with Crippen molar-refractivity contribution in [2.75, 3.05) is 32.6 Å². The Morgan fingerprint density at radius 3 is 2.94 bits per heavy atom. The number of imidazole rings is 1. The van der Waals surface area contributed by atoms with Crippen LogP contribution in [-0.2, 0) is 9.53 Å². The van der Waals surface area contributed by atoms with Crippen molar-refractivity contribution in [3.63, 3.8) is 0 Å². The van der Waals surface area contributed by atoms with Crippen LogP contribution in [0, 0.1) is 17.7 Å². The summed E-state index contributed by atoms with van der Waals surface area (Å²) in [6, 6.07) is 1.78. The van der Waals surface area contributed by atoms with Gasteiger partial charge in [0.2, 0.25) is 5.91 Å². The smallest absolute Gasteiger partial charge is 0.255 e. The number of amides is 2.